The Bertz CT molecular complexity index is 542. The summed E-state index contributed by atoms with van der Waals surface area (Å²) in [5.74, 6) is 1.26. The smallest absolute Gasteiger partial charge is 0.147 e. The van der Waals surface area contributed by atoms with Crippen molar-refractivity contribution in [1.82, 2.24) is 4.98 Å². The van der Waals surface area contributed by atoms with Crippen molar-refractivity contribution in [2.24, 2.45) is 5.73 Å². The second-order valence-corrected chi connectivity index (χ2v) is 4.21. The number of hydrogen-bond acceptors (Lipinski definition) is 3. The minimum Gasteiger partial charge on any atom is -0.456 e. The summed E-state index contributed by atoms with van der Waals surface area (Å²) >= 11 is 10.7. The molecule has 2 rings (SSSR count). The van der Waals surface area contributed by atoms with Gasteiger partial charge in [-0.3, -0.25) is 4.98 Å². The topological polar surface area (TPSA) is 48.1 Å². The van der Waals surface area contributed by atoms with E-state index < -0.39 is 0 Å². The van der Waals surface area contributed by atoms with Gasteiger partial charge in [0, 0.05) is 17.8 Å². The quantitative estimate of drug-likeness (QED) is 0.865. The fourth-order valence-electron chi connectivity index (χ4n) is 1.27. The van der Waals surface area contributed by atoms with E-state index in [9.17, 15) is 0 Å². The predicted octanol–water partition coefficient (Wildman–Crippen LogP) is 3.16. The maximum atomic E-state index is 5.80. The summed E-state index contributed by atoms with van der Waals surface area (Å²) in [7, 11) is 0. The average molecular weight is 265 g/mol. The Morgan fingerprint density at radius 2 is 1.88 bits per heavy atom. The molecular weight excluding hydrogens is 256 g/mol. The van der Waals surface area contributed by atoms with E-state index in [-0.39, 0.29) is 0 Å². The fourth-order valence-corrected chi connectivity index (χ4v) is 1.57. The first kappa shape index (κ1) is 11.8. The van der Waals surface area contributed by atoms with Crippen LogP contribution >= 0.6 is 23.8 Å². The molecule has 0 amide bonds. The second kappa shape index (κ2) is 5.12. The van der Waals surface area contributed by atoms with Gasteiger partial charge in [-0.05, 0) is 24.3 Å². The summed E-state index contributed by atoms with van der Waals surface area (Å²) in [4.78, 5) is 4.29. The molecule has 0 aliphatic carbocycles. The normalized spacial score (nSPS) is 9.94. The zero-order chi connectivity index (χ0) is 12.3. The average Bonchev–Trinajstić information content (AvgIpc) is 2.29. The Labute approximate surface area is 109 Å². The van der Waals surface area contributed by atoms with Gasteiger partial charge >= 0.3 is 0 Å². The summed E-state index contributed by atoms with van der Waals surface area (Å²) in [6, 6.07) is 8.87. The van der Waals surface area contributed by atoms with Gasteiger partial charge < -0.3 is 10.5 Å². The van der Waals surface area contributed by atoms with Crippen LogP contribution in [0.5, 0.6) is 11.5 Å². The van der Waals surface area contributed by atoms with Crippen LogP contribution in [-0.2, 0) is 0 Å². The largest absolute Gasteiger partial charge is 0.456 e. The highest BCUT2D eigenvalue weighted by atomic mass is 35.5. The molecule has 0 radical (unpaired) electrons. The number of aromatic nitrogens is 1. The van der Waals surface area contributed by atoms with Gasteiger partial charge in [0.05, 0.1) is 11.2 Å². The number of halogens is 1. The van der Waals surface area contributed by atoms with E-state index in [4.69, 9.17) is 34.3 Å². The van der Waals surface area contributed by atoms with Gasteiger partial charge in [-0.1, -0.05) is 23.8 Å². The summed E-state index contributed by atoms with van der Waals surface area (Å²) in [6.07, 6.45) is 3.14. The number of nitrogens with two attached hydrogens (primary N) is 1. The molecule has 0 bridgehead atoms. The van der Waals surface area contributed by atoms with Crippen LogP contribution in [0.25, 0.3) is 0 Å². The molecule has 0 spiro atoms. The van der Waals surface area contributed by atoms with Crippen molar-refractivity contribution in [2.75, 3.05) is 0 Å². The lowest BCUT2D eigenvalue weighted by molar-refractivity contribution is 0.480. The zero-order valence-corrected chi connectivity index (χ0v) is 10.3. The van der Waals surface area contributed by atoms with Crippen LogP contribution < -0.4 is 10.5 Å². The molecule has 5 heteroatoms. The van der Waals surface area contributed by atoms with E-state index in [0.29, 0.717) is 21.5 Å². The van der Waals surface area contributed by atoms with Crippen molar-refractivity contribution >= 4 is 28.8 Å². The summed E-state index contributed by atoms with van der Waals surface area (Å²) < 4.78 is 5.56. The Balaban J connectivity index is 2.16. The Kier molecular flexibility index (Phi) is 3.56. The maximum absolute atomic E-state index is 5.80. The number of rotatable bonds is 3. The first-order chi connectivity index (χ1) is 8.15. The van der Waals surface area contributed by atoms with E-state index in [1.54, 1.807) is 42.7 Å². The van der Waals surface area contributed by atoms with Crippen LogP contribution in [0.1, 0.15) is 5.56 Å². The molecule has 2 N–H and O–H groups in total. The van der Waals surface area contributed by atoms with Gasteiger partial charge in [-0.25, -0.2) is 0 Å². The summed E-state index contributed by atoms with van der Waals surface area (Å²) in [5.41, 5.74) is 6.30. The van der Waals surface area contributed by atoms with Crippen LogP contribution in [0.2, 0.25) is 5.02 Å². The van der Waals surface area contributed by atoms with Crippen LogP contribution in [0, 0.1) is 0 Å². The molecule has 17 heavy (non-hydrogen) atoms. The highest BCUT2D eigenvalue weighted by molar-refractivity contribution is 7.80. The second-order valence-electron chi connectivity index (χ2n) is 3.33. The fraction of sp³-hybridized carbons (Fsp3) is 0. The van der Waals surface area contributed by atoms with E-state index in [0.717, 1.165) is 5.56 Å². The molecule has 0 saturated heterocycles. The van der Waals surface area contributed by atoms with E-state index >= 15 is 0 Å². The van der Waals surface area contributed by atoms with Gasteiger partial charge in [-0.2, -0.15) is 0 Å². The maximum Gasteiger partial charge on any atom is 0.147 e. The molecule has 0 atom stereocenters. The lowest BCUT2D eigenvalue weighted by Gasteiger charge is -2.06. The molecule has 1 aromatic heterocycles. The van der Waals surface area contributed by atoms with E-state index in [1.165, 1.54) is 0 Å². The van der Waals surface area contributed by atoms with Crippen LogP contribution in [-0.4, -0.2) is 9.97 Å². The van der Waals surface area contributed by atoms with Crippen LogP contribution in [0.4, 0.5) is 0 Å². The number of nitrogens with zero attached hydrogens (tertiary/aromatic N) is 1. The van der Waals surface area contributed by atoms with Gasteiger partial charge in [0.1, 0.15) is 16.5 Å². The SMILES string of the molecule is NC(=S)c1ccc(Oc2cncc(Cl)c2)cc1. The van der Waals surface area contributed by atoms with E-state index in [1.807, 2.05) is 0 Å². The zero-order valence-electron chi connectivity index (χ0n) is 8.76. The third kappa shape index (κ3) is 3.15. The van der Waals surface area contributed by atoms with Crippen molar-refractivity contribution in [3.63, 3.8) is 0 Å². The molecule has 2 aromatic rings. The minimum atomic E-state index is 0.362. The molecule has 86 valence electrons. The van der Waals surface area contributed by atoms with Gasteiger partial charge in [0.15, 0.2) is 0 Å². The number of thiocarbonyl (C=S) groups is 1. The van der Waals surface area contributed by atoms with Gasteiger partial charge in [0.2, 0.25) is 0 Å². The number of ether oxygens (including phenoxy) is 1. The molecule has 3 nitrogen and oxygen atoms in total. The van der Waals surface area contributed by atoms with Crippen molar-refractivity contribution in [2.45, 2.75) is 0 Å². The van der Waals surface area contributed by atoms with Crippen molar-refractivity contribution < 1.29 is 4.74 Å². The van der Waals surface area contributed by atoms with Crippen molar-refractivity contribution in [3.8, 4) is 11.5 Å². The molecule has 0 fully saturated rings. The Morgan fingerprint density at radius 3 is 2.47 bits per heavy atom. The van der Waals surface area contributed by atoms with Crippen LogP contribution in [0.15, 0.2) is 42.7 Å². The molecule has 0 aliphatic heterocycles. The van der Waals surface area contributed by atoms with Crippen molar-refractivity contribution in [1.29, 1.82) is 0 Å². The first-order valence-electron chi connectivity index (χ1n) is 4.83. The third-order valence-electron chi connectivity index (χ3n) is 2.05. The first-order valence-corrected chi connectivity index (χ1v) is 5.62. The Hall–Kier alpha value is -1.65. The van der Waals surface area contributed by atoms with Crippen molar-refractivity contribution in [3.05, 3.63) is 53.3 Å². The molecule has 1 heterocycles. The minimum absolute atomic E-state index is 0.362. The number of hydrogen-bond donors (Lipinski definition) is 1. The lowest BCUT2D eigenvalue weighted by Crippen LogP contribution is -2.08. The molecule has 0 aliphatic rings. The van der Waals surface area contributed by atoms with Crippen LogP contribution in [0.3, 0.4) is 0 Å². The molecule has 0 unspecified atom stereocenters. The summed E-state index contributed by atoms with van der Waals surface area (Å²) in [5, 5.41) is 0.530. The van der Waals surface area contributed by atoms with E-state index in [2.05, 4.69) is 4.98 Å². The highest BCUT2D eigenvalue weighted by Crippen LogP contribution is 2.23. The predicted molar refractivity (Wildman–Crippen MR) is 71.7 cm³/mol. The number of benzene rings is 1. The molecular formula is C12H9ClN2OS. The molecule has 1 aromatic carbocycles. The highest BCUT2D eigenvalue weighted by Gasteiger charge is 2.00. The number of pyridine rings is 1. The van der Waals surface area contributed by atoms with Gasteiger partial charge in [0.25, 0.3) is 0 Å². The monoisotopic (exact) mass is 264 g/mol. The standard InChI is InChI=1S/C12H9ClN2OS/c13-9-5-11(7-15-6-9)16-10-3-1-8(2-4-10)12(14)17/h1-7H,(H2,14,17). The van der Waals surface area contributed by atoms with Gasteiger partial charge in [-0.15, -0.1) is 0 Å². The summed E-state index contributed by atoms with van der Waals surface area (Å²) in [6.45, 7) is 0. The molecule has 0 saturated carbocycles. The lowest BCUT2D eigenvalue weighted by atomic mass is 10.2. The third-order valence-corrected chi connectivity index (χ3v) is 2.50. The Morgan fingerprint density at radius 1 is 1.18 bits per heavy atom.